The Morgan fingerprint density at radius 2 is 2.19 bits per heavy atom. The van der Waals surface area contributed by atoms with Crippen LogP contribution in [0.2, 0.25) is 0 Å². The minimum atomic E-state index is -0.726. The molecule has 2 heterocycles. The SMILES string of the molecule is CCC1c2ccsc2CCN1C(=O)CSc1ccc(C(N)=O)cc1[N+](=O)[O-]. The second-order valence-electron chi connectivity index (χ2n) is 6.15. The van der Waals surface area contributed by atoms with Crippen molar-refractivity contribution in [1.82, 2.24) is 4.90 Å². The first-order chi connectivity index (χ1) is 12.9. The maximum atomic E-state index is 12.8. The Kier molecular flexibility index (Phi) is 5.81. The highest BCUT2D eigenvalue weighted by molar-refractivity contribution is 8.00. The van der Waals surface area contributed by atoms with E-state index in [4.69, 9.17) is 5.73 Å². The molecule has 0 radical (unpaired) electrons. The summed E-state index contributed by atoms with van der Waals surface area (Å²) in [5.74, 6) is -0.666. The van der Waals surface area contributed by atoms with Gasteiger partial charge in [-0.3, -0.25) is 19.7 Å². The second-order valence-corrected chi connectivity index (χ2v) is 8.17. The van der Waals surface area contributed by atoms with Crippen molar-refractivity contribution in [3.05, 3.63) is 55.8 Å². The topological polar surface area (TPSA) is 107 Å². The molecule has 27 heavy (non-hydrogen) atoms. The molecule has 0 spiro atoms. The number of hydrogen-bond acceptors (Lipinski definition) is 6. The van der Waals surface area contributed by atoms with Crippen LogP contribution < -0.4 is 5.73 Å². The average molecular weight is 406 g/mol. The lowest BCUT2D eigenvalue weighted by molar-refractivity contribution is -0.387. The van der Waals surface area contributed by atoms with Crippen LogP contribution in [0.15, 0.2) is 34.5 Å². The van der Waals surface area contributed by atoms with Gasteiger partial charge in [0.05, 0.1) is 21.6 Å². The summed E-state index contributed by atoms with van der Waals surface area (Å²) in [6, 6.07) is 6.20. The maximum Gasteiger partial charge on any atom is 0.283 e. The van der Waals surface area contributed by atoms with Crippen LogP contribution in [-0.2, 0) is 11.2 Å². The van der Waals surface area contributed by atoms with Crippen LogP contribution in [0.5, 0.6) is 0 Å². The van der Waals surface area contributed by atoms with Gasteiger partial charge in [-0.2, -0.15) is 0 Å². The van der Waals surface area contributed by atoms with E-state index in [2.05, 4.69) is 18.4 Å². The lowest BCUT2D eigenvalue weighted by Gasteiger charge is -2.35. The predicted octanol–water partition coefficient (Wildman–Crippen LogP) is 3.38. The van der Waals surface area contributed by atoms with Crippen LogP contribution in [0.1, 0.15) is 40.2 Å². The van der Waals surface area contributed by atoms with Gasteiger partial charge in [0.2, 0.25) is 11.8 Å². The fraction of sp³-hybridized carbons (Fsp3) is 0.333. The summed E-state index contributed by atoms with van der Waals surface area (Å²) >= 11 is 2.83. The van der Waals surface area contributed by atoms with Crippen LogP contribution in [-0.4, -0.2) is 33.9 Å². The number of hydrogen-bond donors (Lipinski definition) is 1. The number of benzene rings is 1. The number of nitrogens with zero attached hydrogens (tertiary/aromatic N) is 2. The lowest BCUT2D eigenvalue weighted by Crippen LogP contribution is -2.40. The molecule has 0 saturated carbocycles. The number of primary amides is 1. The molecule has 1 aliphatic heterocycles. The van der Waals surface area contributed by atoms with E-state index in [-0.39, 0.29) is 29.0 Å². The van der Waals surface area contributed by atoms with Crippen molar-refractivity contribution < 1.29 is 14.5 Å². The number of fused-ring (bicyclic) bond motifs is 1. The minimum Gasteiger partial charge on any atom is -0.366 e. The number of nitro groups is 1. The molecule has 9 heteroatoms. The number of nitro benzene ring substituents is 1. The van der Waals surface area contributed by atoms with Gasteiger partial charge in [0.15, 0.2) is 0 Å². The number of carbonyl (C=O) groups excluding carboxylic acids is 2. The molecular weight excluding hydrogens is 386 g/mol. The Morgan fingerprint density at radius 1 is 1.41 bits per heavy atom. The van der Waals surface area contributed by atoms with Gasteiger partial charge in [0.25, 0.3) is 5.69 Å². The van der Waals surface area contributed by atoms with Gasteiger partial charge in [-0.05, 0) is 42.0 Å². The van der Waals surface area contributed by atoms with Gasteiger partial charge in [-0.25, -0.2) is 0 Å². The second kappa shape index (κ2) is 8.10. The van der Waals surface area contributed by atoms with E-state index in [1.165, 1.54) is 22.6 Å². The normalized spacial score (nSPS) is 16.0. The van der Waals surface area contributed by atoms with Crippen LogP contribution in [0.3, 0.4) is 0 Å². The molecule has 3 rings (SSSR count). The van der Waals surface area contributed by atoms with Crippen LogP contribution >= 0.6 is 23.1 Å². The van der Waals surface area contributed by atoms with E-state index >= 15 is 0 Å². The summed E-state index contributed by atoms with van der Waals surface area (Å²) in [6.45, 7) is 2.71. The van der Waals surface area contributed by atoms with Crippen molar-refractivity contribution in [3.63, 3.8) is 0 Å². The fourth-order valence-electron chi connectivity index (χ4n) is 3.29. The number of thioether (sulfide) groups is 1. The van der Waals surface area contributed by atoms with Gasteiger partial charge >= 0.3 is 0 Å². The molecule has 2 aromatic rings. The van der Waals surface area contributed by atoms with E-state index < -0.39 is 10.8 Å². The summed E-state index contributed by atoms with van der Waals surface area (Å²) in [5, 5.41) is 13.4. The number of carbonyl (C=O) groups is 2. The molecule has 1 aliphatic rings. The molecule has 0 saturated heterocycles. The van der Waals surface area contributed by atoms with E-state index in [0.29, 0.717) is 11.4 Å². The molecule has 1 atom stereocenters. The third-order valence-electron chi connectivity index (χ3n) is 4.59. The monoisotopic (exact) mass is 405 g/mol. The Labute approximate surface area is 164 Å². The molecule has 1 aromatic carbocycles. The van der Waals surface area contributed by atoms with Gasteiger partial charge < -0.3 is 10.6 Å². The minimum absolute atomic E-state index is 0.0445. The van der Waals surface area contributed by atoms with Crippen molar-refractivity contribution in [1.29, 1.82) is 0 Å². The number of amides is 2. The summed E-state index contributed by atoms with van der Waals surface area (Å²) in [5.41, 5.74) is 6.26. The molecule has 0 fully saturated rings. The average Bonchev–Trinajstić information content (AvgIpc) is 3.13. The van der Waals surface area contributed by atoms with Crippen LogP contribution in [0, 0.1) is 10.1 Å². The van der Waals surface area contributed by atoms with E-state index in [0.717, 1.165) is 30.7 Å². The van der Waals surface area contributed by atoms with Gasteiger partial charge in [0.1, 0.15) is 0 Å². The molecule has 142 valence electrons. The van der Waals surface area contributed by atoms with Gasteiger partial charge in [-0.15, -0.1) is 23.1 Å². The quantitative estimate of drug-likeness (QED) is 0.450. The maximum absolute atomic E-state index is 12.8. The third-order valence-corrected chi connectivity index (χ3v) is 6.64. The smallest absolute Gasteiger partial charge is 0.283 e. The van der Waals surface area contributed by atoms with Gasteiger partial charge in [0, 0.05) is 23.1 Å². The van der Waals surface area contributed by atoms with E-state index in [9.17, 15) is 19.7 Å². The molecule has 2 N–H and O–H groups in total. The number of rotatable bonds is 6. The zero-order valence-corrected chi connectivity index (χ0v) is 16.3. The Morgan fingerprint density at radius 3 is 2.85 bits per heavy atom. The molecule has 0 bridgehead atoms. The van der Waals surface area contributed by atoms with E-state index in [1.807, 2.05) is 4.90 Å². The van der Waals surface area contributed by atoms with Crippen LogP contribution in [0.4, 0.5) is 5.69 Å². The molecule has 0 aliphatic carbocycles. The number of nitrogens with two attached hydrogens (primary N) is 1. The van der Waals surface area contributed by atoms with Crippen molar-refractivity contribution >= 4 is 40.6 Å². The first kappa shape index (κ1) is 19.4. The van der Waals surface area contributed by atoms with Crippen molar-refractivity contribution in [2.45, 2.75) is 30.7 Å². The van der Waals surface area contributed by atoms with Crippen LogP contribution in [0.25, 0.3) is 0 Å². The summed E-state index contributed by atoms with van der Waals surface area (Å²) in [7, 11) is 0. The Hall–Kier alpha value is -2.39. The Bertz CT molecular complexity index is 896. The standard InChI is InChI=1S/C18H19N3O4S2/c1-2-13-12-6-8-26-15(12)5-7-20(13)17(22)10-27-16-4-3-11(18(19)23)9-14(16)21(24)25/h3-4,6,8-9,13H,2,5,7,10H2,1H3,(H2,19,23). The van der Waals surface area contributed by atoms with Gasteiger partial charge in [-0.1, -0.05) is 6.92 Å². The van der Waals surface area contributed by atoms with Crippen molar-refractivity contribution in [2.24, 2.45) is 5.73 Å². The van der Waals surface area contributed by atoms with Crippen molar-refractivity contribution in [2.75, 3.05) is 12.3 Å². The highest BCUT2D eigenvalue weighted by atomic mass is 32.2. The predicted molar refractivity (Wildman–Crippen MR) is 105 cm³/mol. The zero-order valence-electron chi connectivity index (χ0n) is 14.7. The highest BCUT2D eigenvalue weighted by Gasteiger charge is 2.30. The molecule has 1 aromatic heterocycles. The highest BCUT2D eigenvalue weighted by Crippen LogP contribution is 2.36. The zero-order chi connectivity index (χ0) is 19.6. The molecule has 1 unspecified atom stereocenters. The molecule has 2 amide bonds. The summed E-state index contributed by atoms with van der Waals surface area (Å²) in [4.78, 5) is 38.3. The van der Waals surface area contributed by atoms with Crippen molar-refractivity contribution in [3.8, 4) is 0 Å². The molecule has 7 nitrogen and oxygen atoms in total. The summed E-state index contributed by atoms with van der Waals surface area (Å²) < 4.78 is 0. The lowest BCUT2D eigenvalue weighted by atomic mass is 9.98. The largest absolute Gasteiger partial charge is 0.366 e. The summed E-state index contributed by atoms with van der Waals surface area (Å²) in [6.07, 6.45) is 1.67. The first-order valence-corrected chi connectivity index (χ1v) is 10.4. The Balaban J connectivity index is 1.74. The number of thiophene rings is 1. The molecular formula is C18H19N3O4S2. The van der Waals surface area contributed by atoms with E-state index in [1.54, 1.807) is 11.3 Å². The third kappa shape index (κ3) is 3.98. The first-order valence-electron chi connectivity index (χ1n) is 8.49. The fourth-order valence-corrected chi connectivity index (χ4v) is 5.11.